The van der Waals surface area contributed by atoms with E-state index in [2.05, 4.69) is 55.8 Å². The van der Waals surface area contributed by atoms with Gasteiger partial charge in [0.05, 0.1) is 0 Å². The Morgan fingerprint density at radius 3 is 1.62 bits per heavy atom. The third kappa shape index (κ3) is 5.46. The molecule has 0 aliphatic heterocycles. The quantitative estimate of drug-likeness (QED) is 0.382. The lowest BCUT2D eigenvalue weighted by molar-refractivity contribution is 0.279. The predicted octanol–water partition coefficient (Wildman–Crippen LogP) is 4.50. The molecular formula is C20H24I2N2O2. The molecule has 1 aliphatic rings. The average Bonchev–Trinajstić information content (AvgIpc) is 2.64. The summed E-state index contributed by atoms with van der Waals surface area (Å²) in [6.07, 6.45) is 4.70. The predicted molar refractivity (Wildman–Crippen MR) is 121 cm³/mol. The Morgan fingerprint density at radius 1 is 0.769 bits per heavy atom. The summed E-state index contributed by atoms with van der Waals surface area (Å²) in [6, 6.07) is 12.1. The molecule has 0 aromatic heterocycles. The second-order valence-corrected chi connectivity index (χ2v) is 9.30. The van der Waals surface area contributed by atoms with E-state index in [9.17, 15) is 10.2 Å². The van der Waals surface area contributed by atoms with Gasteiger partial charge in [0.1, 0.15) is 11.5 Å². The molecule has 4 N–H and O–H groups in total. The number of benzene rings is 2. The Bertz CT molecular complexity index is 691. The number of nitrogens with one attached hydrogen (secondary N) is 2. The minimum absolute atomic E-state index is 0.349. The number of phenols is 2. The molecule has 140 valence electrons. The zero-order chi connectivity index (χ0) is 18.5. The molecule has 1 fully saturated rings. The van der Waals surface area contributed by atoms with Gasteiger partial charge in [0, 0.05) is 43.4 Å². The first kappa shape index (κ1) is 20.2. The monoisotopic (exact) mass is 578 g/mol. The van der Waals surface area contributed by atoms with Crippen molar-refractivity contribution in [3.8, 4) is 11.5 Å². The first-order valence-corrected chi connectivity index (χ1v) is 11.1. The van der Waals surface area contributed by atoms with Gasteiger partial charge < -0.3 is 20.8 Å². The lowest BCUT2D eigenvalue weighted by atomic mass is 9.90. The number of phenolic OH excluding ortho intramolecular Hbond substituents is 2. The minimum Gasteiger partial charge on any atom is -0.508 e. The van der Waals surface area contributed by atoms with Crippen LogP contribution in [0.25, 0.3) is 0 Å². The molecule has 6 heteroatoms. The molecule has 4 nitrogen and oxygen atoms in total. The topological polar surface area (TPSA) is 64.5 Å². The van der Waals surface area contributed by atoms with Gasteiger partial charge in [-0.1, -0.05) is 12.8 Å². The Balaban J connectivity index is 1.60. The minimum atomic E-state index is 0.349. The van der Waals surface area contributed by atoms with Crippen molar-refractivity contribution < 1.29 is 10.2 Å². The molecule has 3 rings (SSSR count). The highest BCUT2D eigenvalue weighted by Gasteiger charge is 2.24. The van der Waals surface area contributed by atoms with Gasteiger partial charge in [-0.2, -0.15) is 0 Å². The van der Waals surface area contributed by atoms with Crippen LogP contribution >= 0.6 is 45.2 Å². The maximum atomic E-state index is 10.1. The molecule has 26 heavy (non-hydrogen) atoms. The summed E-state index contributed by atoms with van der Waals surface area (Å²) in [5.41, 5.74) is 1.88. The van der Waals surface area contributed by atoms with E-state index >= 15 is 0 Å². The van der Waals surface area contributed by atoms with Crippen molar-refractivity contribution in [3.05, 3.63) is 54.7 Å². The van der Waals surface area contributed by atoms with E-state index in [0.29, 0.717) is 36.7 Å². The van der Waals surface area contributed by atoms with E-state index in [4.69, 9.17) is 0 Å². The van der Waals surface area contributed by atoms with Crippen molar-refractivity contribution in [1.82, 2.24) is 10.6 Å². The standard InChI is InChI=1S/C20H24I2N2O2/c21-15-5-7-19(25)13(9-15)11-23-17-3-1-2-4-18(17)24-12-14-10-16(22)6-8-20(14)26/h5-10,17-18,23-26H,1-4,11-12H2/t17-,18-/m1/s1. The Kier molecular flexibility index (Phi) is 7.42. The first-order valence-electron chi connectivity index (χ1n) is 8.94. The van der Waals surface area contributed by atoms with Crippen LogP contribution in [0.15, 0.2) is 36.4 Å². The fourth-order valence-electron chi connectivity index (χ4n) is 3.49. The van der Waals surface area contributed by atoms with Gasteiger partial charge in [0.15, 0.2) is 0 Å². The average molecular weight is 578 g/mol. The van der Waals surface area contributed by atoms with Crippen LogP contribution in [-0.4, -0.2) is 22.3 Å². The van der Waals surface area contributed by atoms with Gasteiger partial charge in [-0.15, -0.1) is 0 Å². The molecule has 0 spiro atoms. The van der Waals surface area contributed by atoms with Gasteiger partial charge in [-0.3, -0.25) is 0 Å². The number of hydrogen-bond acceptors (Lipinski definition) is 4. The zero-order valence-electron chi connectivity index (χ0n) is 14.5. The summed E-state index contributed by atoms with van der Waals surface area (Å²) >= 11 is 4.54. The maximum Gasteiger partial charge on any atom is 0.120 e. The van der Waals surface area contributed by atoms with Gasteiger partial charge in [-0.05, 0) is 94.4 Å². The van der Waals surface area contributed by atoms with Crippen molar-refractivity contribution in [2.24, 2.45) is 0 Å². The Labute approximate surface area is 182 Å². The van der Waals surface area contributed by atoms with Crippen molar-refractivity contribution >= 4 is 45.2 Å². The third-order valence-corrected chi connectivity index (χ3v) is 6.30. The fourth-order valence-corrected chi connectivity index (χ4v) is 4.60. The number of aromatic hydroxyl groups is 2. The lowest BCUT2D eigenvalue weighted by Gasteiger charge is -2.33. The summed E-state index contributed by atoms with van der Waals surface area (Å²) in [7, 11) is 0. The van der Waals surface area contributed by atoms with Gasteiger partial charge in [-0.25, -0.2) is 0 Å². The molecule has 2 aromatic rings. The molecule has 0 heterocycles. The van der Waals surface area contributed by atoms with Crippen molar-refractivity contribution in [1.29, 1.82) is 0 Å². The summed E-state index contributed by atoms with van der Waals surface area (Å²) in [4.78, 5) is 0. The smallest absolute Gasteiger partial charge is 0.120 e. The van der Waals surface area contributed by atoms with E-state index in [0.717, 1.165) is 31.1 Å². The Morgan fingerprint density at radius 2 is 1.19 bits per heavy atom. The molecule has 2 atom stereocenters. The lowest BCUT2D eigenvalue weighted by Crippen LogP contribution is -2.49. The molecule has 0 bridgehead atoms. The van der Waals surface area contributed by atoms with Gasteiger partial charge in [0.25, 0.3) is 0 Å². The number of halogens is 2. The summed E-state index contributed by atoms with van der Waals surface area (Å²) in [5, 5.41) is 27.4. The summed E-state index contributed by atoms with van der Waals surface area (Å²) in [6.45, 7) is 1.33. The summed E-state index contributed by atoms with van der Waals surface area (Å²) in [5.74, 6) is 0.698. The highest BCUT2D eigenvalue weighted by molar-refractivity contribution is 14.1. The number of rotatable bonds is 6. The highest BCUT2D eigenvalue weighted by Crippen LogP contribution is 2.24. The van der Waals surface area contributed by atoms with E-state index in [1.165, 1.54) is 12.8 Å². The van der Waals surface area contributed by atoms with E-state index < -0.39 is 0 Å². The van der Waals surface area contributed by atoms with Gasteiger partial charge >= 0.3 is 0 Å². The van der Waals surface area contributed by atoms with Crippen LogP contribution in [0.1, 0.15) is 36.8 Å². The van der Waals surface area contributed by atoms with Crippen LogP contribution in [0.5, 0.6) is 11.5 Å². The van der Waals surface area contributed by atoms with Crippen molar-refractivity contribution in [2.75, 3.05) is 0 Å². The highest BCUT2D eigenvalue weighted by atomic mass is 127. The molecular weight excluding hydrogens is 554 g/mol. The fraction of sp³-hybridized carbons (Fsp3) is 0.400. The van der Waals surface area contributed by atoms with Crippen LogP contribution in [0.4, 0.5) is 0 Å². The van der Waals surface area contributed by atoms with Crippen molar-refractivity contribution in [2.45, 2.75) is 50.9 Å². The van der Waals surface area contributed by atoms with Crippen LogP contribution in [-0.2, 0) is 13.1 Å². The molecule has 2 aromatic carbocycles. The van der Waals surface area contributed by atoms with E-state index in [-0.39, 0.29) is 0 Å². The first-order chi connectivity index (χ1) is 12.5. The third-order valence-electron chi connectivity index (χ3n) is 4.96. The van der Waals surface area contributed by atoms with Crippen LogP contribution in [0.2, 0.25) is 0 Å². The molecule has 1 saturated carbocycles. The van der Waals surface area contributed by atoms with Gasteiger partial charge in [0.2, 0.25) is 0 Å². The van der Waals surface area contributed by atoms with E-state index in [1.54, 1.807) is 12.1 Å². The maximum absolute atomic E-state index is 10.1. The molecule has 0 amide bonds. The SMILES string of the molecule is Oc1ccc(I)cc1CN[C@@H]1CCCC[C@H]1NCc1cc(I)ccc1O. The van der Waals surface area contributed by atoms with Crippen LogP contribution < -0.4 is 10.6 Å². The van der Waals surface area contributed by atoms with Crippen LogP contribution in [0, 0.1) is 7.14 Å². The summed E-state index contributed by atoms with van der Waals surface area (Å²) < 4.78 is 2.26. The van der Waals surface area contributed by atoms with Crippen molar-refractivity contribution in [3.63, 3.8) is 0 Å². The largest absolute Gasteiger partial charge is 0.508 e. The molecule has 0 radical (unpaired) electrons. The van der Waals surface area contributed by atoms with Crippen LogP contribution in [0.3, 0.4) is 0 Å². The Hall–Kier alpha value is -0.580. The zero-order valence-corrected chi connectivity index (χ0v) is 18.8. The molecule has 0 unspecified atom stereocenters. The normalized spacial score (nSPS) is 20.2. The number of hydrogen-bond donors (Lipinski definition) is 4. The second-order valence-electron chi connectivity index (χ2n) is 6.81. The van der Waals surface area contributed by atoms with E-state index in [1.807, 2.05) is 24.3 Å². The molecule has 0 saturated heterocycles. The molecule has 1 aliphatic carbocycles. The second kappa shape index (κ2) is 9.57.